The van der Waals surface area contributed by atoms with Crippen LogP contribution in [0.3, 0.4) is 0 Å². The standard InChI is InChI=1S/C19H16F3N3O/c1-25(12-14-6-3-2-4-7-14)13-15(11-23)18(26)24-17-9-5-8-16(10-17)19(20,21)22/h2-10,13H,12H2,1H3,(H,24,26)/b15-13-. The van der Waals surface area contributed by atoms with Crippen LogP contribution in [0.1, 0.15) is 11.1 Å². The van der Waals surface area contributed by atoms with Crippen molar-refractivity contribution in [3.63, 3.8) is 0 Å². The normalized spacial score (nSPS) is 11.6. The van der Waals surface area contributed by atoms with Crippen LogP contribution in [0, 0.1) is 11.3 Å². The Kier molecular flexibility index (Phi) is 6.02. The van der Waals surface area contributed by atoms with Gasteiger partial charge in [0.15, 0.2) is 0 Å². The zero-order chi connectivity index (χ0) is 19.2. The molecule has 0 aliphatic carbocycles. The third-order valence-electron chi connectivity index (χ3n) is 3.44. The molecule has 2 aromatic rings. The smallest absolute Gasteiger partial charge is 0.375 e. The molecule has 0 fully saturated rings. The SMILES string of the molecule is CN(/C=C(/C#N)C(=O)Nc1cccc(C(F)(F)F)c1)Cc1ccccc1. The number of carbonyl (C=O) groups excluding carboxylic acids is 1. The molecular formula is C19H16F3N3O. The number of alkyl halides is 3. The Morgan fingerprint density at radius 3 is 2.50 bits per heavy atom. The summed E-state index contributed by atoms with van der Waals surface area (Å²) in [6.07, 6.45) is -3.15. The van der Waals surface area contributed by atoms with Crippen molar-refractivity contribution in [2.24, 2.45) is 0 Å². The maximum atomic E-state index is 12.7. The highest BCUT2D eigenvalue weighted by Gasteiger charge is 2.30. The summed E-state index contributed by atoms with van der Waals surface area (Å²) in [5.74, 6) is -0.772. The molecule has 0 heterocycles. The van der Waals surface area contributed by atoms with Gasteiger partial charge in [-0.15, -0.1) is 0 Å². The third kappa shape index (κ3) is 5.38. The topological polar surface area (TPSA) is 56.1 Å². The van der Waals surface area contributed by atoms with Crippen molar-refractivity contribution < 1.29 is 18.0 Å². The number of halogens is 3. The van der Waals surface area contributed by atoms with E-state index in [1.54, 1.807) is 18.0 Å². The third-order valence-corrected chi connectivity index (χ3v) is 3.44. The zero-order valence-electron chi connectivity index (χ0n) is 13.9. The van der Waals surface area contributed by atoms with E-state index in [2.05, 4.69) is 5.32 Å². The first-order valence-electron chi connectivity index (χ1n) is 7.64. The molecule has 26 heavy (non-hydrogen) atoms. The number of anilines is 1. The fourth-order valence-electron chi connectivity index (χ4n) is 2.25. The van der Waals surface area contributed by atoms with Gasteiger partial charge in [-0.2, -0.15) is 18.4 Å². The van der Waals surface area contributed by atoms with Crippen molar-refractivity contribution in [1.29, 1.82) is 5.26 Å². The molecule has 0 bridgehead atoms. The number of amides is 1. The molecule has 4 nitrogen and oxygen atoms in total. The minimum Gasteiger partial charge on any atom is -0.375 e. The summed E-state index contributed by atoms with van der Waals surface area (Å²) in [7, 11) is 1.70. The number of nitrogens with one attached hydrogen (secondary N) is 1. The first kappa shape index (κ1) is 19.1. The molecule has 0 saturated heterocycles. The van der Waals surface area contributed by atoms with Crippen molar-refractivity contribution in [3.8, 4) is 6.07 Å². The number of nitrogens with zero attached hydrogens (tertiary/aromatic N) is 2. The second-order valence-electron chi connectivity index (χ2n) is 5.59. The van der Waals surface area contributed by atoms with E-state index >= 15 is 0 Å². The van der Waals surface area contributed by atoms with Crippen molar-refractivity contribution >= 4 is 11.6 Å². The Bertz CT molecular complexity index is 839. The number of benzene rings is 2. The van der Waals surface area contributed by atoms with Gasteiger partial charge in [-0.3, -0.25) is 4.79 Å². The lowest BCUT2D eigenvalue weighted by Gasteiger charge is -2.15. The lowest BCUT2D eigenvalue weighted by atomic mass is 10.2. The van der Waals surface area contributed by atoms with E-state index in [4.69, 9.17) is 0 Å². The van der Waals surface area contributed by atoms with Gasteiger partial charge in [0.1, 0.15) is 11.6 Å². The van der Waals surface area contributed by atoms with Gasteiger partial charge in [0.2, 0.25) is 0 Å². The Balaban J connectivity index is 2.10. The molecule has 0 aromatic heterocycles. The fraction of sp³-hybridized carbons (Fsp3) is 0.158. The van der Waals surface area contributed by atoms with E-state index in [1.807, 2.05) is 30.3 Å². The molecule has 0 aliphatic rings. The Labute approximate surface area is 149 Å². The summed E-state index contributed by atoms with van der Waals surface area (Å²) in [6.45, 7) is 0.475. The molecule has 0 spiro atoms. The van der Waals surface area contributed by atoms with E-state index in [-0.39, 0.29) is 11.3 Å². The van der Waals surface area contributed by atoms with Crippen LogP contribution in [-0.2, 0) is 17.5 Å². The molecule has 1 N–H and O–H groups in total. The average molecular weight is 359 g/mol. The molecule has 1 amide bonds. The van der Waals surface area contributed by atoms with Gasteiger partial charge in [0.25, 0.3) is 5.91 Å². The van der Waals surface area contributed by atoms with Gasteiger partial charge in [-0.25, -0.2) is 0 Å². The maximum absolute atomic E-state index is 12.7. The second-order valence-corrected chi connectivity index (χ2v) is 5.59. The lowest BCUT2D eigenvalue weighted by Crippen LogP contribution is -2.18. The van der Waals surface area contributed by atoms with Crippen LogP contribution < -0.4 is 5.32 Å². The summed E-state index contributed by atoms with van der Waals surface area (Å²) in [4.78, 5) is 13.8. The molecule has 2 rings (SSSR count). The highest BCUT2D eigenvalue weighted by atomic mass is 19.4. The van der Waals surface area contributed by atoms with E-state index in [1.165, 1.54) is 18.3 Å². The largest absolute Gasteiger partial charge is 0.416 e. The quantitative estimate of drug-likeness (QED) is 0.643. The molecule has 0 unspecified atom stereocenters. The van der Waals surface area contributed by atoms with Gasteiger partial charge in [-0.05, 0) is 23.8 Å². The molecular weight excluding hydrogens is 343 g/mol. The van der Waals surface area contributed by atoms with Crippen molar-refractivity contribution in [1.82, 2.24) is 4.90 Å². The highest BCUT2D eigenvalue weighted by molar-refractivity contribution is 6.06. The monoisotopic (exact) mass is 359 g/mol. The number of hydrogen-bond acceptors (Lipinski definition) is 3. The average Bonchev–Trinajstić information content (AvgIpc) is 2.60. The van der Waals surface area contributed by atoms with E-state index < -0.39 is 17.6 Å². The summed E-state index contributed by atoms with van der Waals surface area (Å²) in [5, 5.41) is 11.5. The molecule has 0 aliphatic heterocycles. The van der Waals surface area contributed by atoms with E-state index in [0.29, 0.717) is 6.54 Å². The van der Waals surface area contributed by atoms with Gasteiger partial charge in [-0.1, -0.05) is 36.4 Å². The molecule has 0 saturated carbocycles. The van der Waals surface area contributed by atoms with Crippen LogP contribution in [0.4, 0.5) is 18.9 Å². The first-order chi connectivity index (χ1) is 12.3. The van der Waals surface area contributed by atoms with Crippen LogP contribution in [0.5, 0.6) is 0 Å². The summed E-state index contributed by atoms with van der Waals surface area (Å²) in [6, 6.07) is 15.4. The number of rotatable bonds is 5. The summed E-state index contributed by atoms with van der Waals surface area (Å²) in [5.41, 5.74) is -0.127. The van der Waals surface area contributed by atoms with Gasteiger partial charge < -0.3 is 10.2 Å². The van der Waals surface area contributed by atoms with Gasteiger partial charge in [0.05, 0.1) is 5.56 Å². The maximum Gasteiger partial charge on any atom is 0.416 e. The Morgan fingerprint density at radius 2 is 1.88 bits per heavy atom. The van der Waals surface area contributed by atoms with Crippen molar-refractivity contribution in [3.05, 3.63) is 77.5 Å². The van der Waals surface area contributed by atoms with Crippen LogP contribution in [-0.4, -0.2) is 17.9 Å². The highest BCUT2D eigenvalue weighted by Crippen LogP contribution is 2.30. The minimum absolute atomic E-state index is 0.0308. The lowest BCUT2D eigenvalue weighted by molar-refractivity contribution is -0.137. The van der Waals surface area contributed by atoms with Gasteiger partial charge in [0, 0.05) is 25.5 Å². The molecule has 2 aromatic carbocycles. The molecule has 0 atom stereocenters. The first-order valence-corrected chi connectivity index (χ1v) is 7.64. The van der Waals surface area contributed by atoms with Crippen molar-refractivity contribution in [2.75, 3.05) is 12.4 Å². The second kappa shape index (κ2) is 8.21. The minimum atomic E-state index is -4.51. The summed E-state index contributed by atoms with van der Waals surface area (Å²) >= 11 is 0. The zero-order valence-corrected chi connectivity index (χ0v) is 13.9. The predicted molar refractivity (Wildman–Crippen MR) is 91.7 cm³/mol. The van der Waals surface area contributed by atoms with Crippen LogP contribution in [0.2, 0.25) is 0 Å². The fourth-order valence-corrected chi connectivity index (χ4v) is 2.25. The van der Waals surface area contributed by atoms with Gasteiger partial charge >= 0.3 is 6.18 Å². The van der Waals surface area contributed by atoms with E-state index in [9.17, 15) is 23.2 Å². The van der Waals surface area contributed by atoms with E-state index in [0.717, 1.165) is 17.7 Å². The Hall–Kier alpha value is -3.27. The van der Waals surface area contributed by atoms with Crippen LogP contribution in [0.15, 0.2) is 66.4 Å². The Morgan fingerprint density at radius 1 is 1.19 bits per heavy atom. The predicted octanol–water partition coefficient (Wildman–Crippen LogP) is 4.18. The number of carbonyl (C=O) groups is 1. The molecule has 134 valence electrons. The molecule has 7 heteroatoms. The van der Waals surface area contributed by atoms with Crippen LogP contribution >= 0.6 is 0 Å². The van der Waals surface area contributed by atoms with Crippen LogP contribution in [0.25, 0.3) is 0 Å². The van der Waals surface area contributed by atoms with Crippen molar-refractivity contribution in [2.45, 2.75) is 12.7 Å². The summed E-state index contributed by atoms with van der Waals surface area (Å²) < 4.78 is 38.2. The number of hydrogen-bond donors (Lipinski definition) is 1. The number of nitriles is 1. The molecule has 0 radical (unpaired) electrons.